The van der Waals surface area contributed by atoms with Crippen molar-refractivity contribution in [3.8, 4) is 0 Å². The molecule has 0 aliphatic heterocycles. The molecule has 4 nitrogen and oxygen atoms in total. The predicted molar refractivity (Wildman–Crippen MR) is 63.8 cm³/mol. The topological polar surface area (TPSA) is 75.3 Å². The molecule has 0 radical (unpaired) electrons. The van der Waals surface area contributed by atoms with Gasteiger partial charge in [-0.05, 0) is 30.7 Å². The maximum absolute atomic E-state index is 11.8. The number of amides is 1. The number of carbonyl (C=O) groups excluding carboxylic acids is 1. The van der Waals surface area contributed by atoms with Crippen molar-refractivity contribution in [2.75, 3.05) is 13.2 Å². The molecule has 0 unspecified atom stereocenters. The summed E-state index contributed by atoms with van der Waals surface area (Å²) in [6.45, 7) is 4.57. The van der Waals surface area contributed by atoms with Crippen molar-refractivity contribution >= 4 is 5.91 Å². The van der Waals surface area contributed by atoms with Crippen molar-refractivity contribution < 1.29 is 9.90 Å². The highest BCUT2D eigenvalue weighted by molar-refractivity contribution is 5.77. The molecule has 0 aromatic heterocycles. The first-order valence-electron chi connectivity index (χ1n) is 6.13. The highest BCUT2D eigenvalue weighted by atomic mass is 16.3. The highest BCUT2D eigenvalue weighted by Crippen LogP contribution is 2.42. The zero-order valence-corrected chi connectivity index (χ0v) is 10.3. The van der Waals surface area contributed by atoms with E-state index in [1.165, 1.54) is 6.42 Å². The lowest BCUT2D eigenvalue weighted by molar-refractivity contribution is -0.126. The van der Waals surface area contributed by atoms with Crippen LogP contribution in [0.25, 0.3) is 0 Å². The Labute approximate surface area is 97.6 Å². The fourth-order valence-electron chi connectivity index (χ4n) is 2.15. The lowest BCUT2D eigenvalue weighted by Gasteiger charge is -2.40. The zero-order valence-electron chi connectivity index (χ0n) is 10.3. The average Bonchev–Trinajstić information content (AvgIpc) is 2.19. The summed E-state index contributed by atoms with van der Waals surface area (Å²) in [5.74, 6) is 0.280. The fourth-order valence-corrected chi connectivity index (χ4v) is 2.15. The summed E-state index contributed by atoms with van der Waals surface area (Å²) in [5, 5.41) is 12.0. The minimum absolute atomic E-state index is 0.000961. The molecule has 4 N–H and O–H groups in total. The Morgan fingerprint density at radius 2 is 2.12 bits per heavy atom. The fraction of sp³-hybridized carbons (Fsp3) is 0.917. The van der Waals surface area contributed by atoms with Gasteiger partial charge >= 0.3 is 0 Å². The molecule has 1 fully saturated rings. The van der Waals surface area contributed by atoms with Gasteiger partial charge in [-0.15, -0.1) is 0 Å². The zero-order chi connectivity index (χ0) is 12.2. The Morgan fingerprint density at radius 3 is 2.44 bits per heavy atom. The molecule has 0 heterocycles. The number of aliphatic hydroxyl groups is 1. The van der Waals surface area contributed by atoms with E-state index in [0.29, 0.717) is 13.0 Å². The Kier molecular flexibility index (Phi) is 4.74. The second kappa shape index (κ2) is 5.64. The van der Waals surface area contributed by atoms with Crippen LogP contribution < -0.4 is 11.1 Å². The van der Waals surface area contributed by atoms with Crippen LogP contribution >= 0.6 is 0 Å². The molecule has 0 aromatic carbocycles. The van der Waals surface area contributed by atoms with Gasteiger partial charge in [0.1, 0.15) is 0 Å². The lowest BCUT2D eigenvalue weighted by Crippen LogP contribution is -2.46. The van der Waals surface area contributed by atoms with Gasteiger partial charge < -0.3 is 16.2 Å². The second-order valence-corrected chi connectivity index (χ2v) is 5.34. The van der Waals surface area contributed by atoms with Gasteiger partial charge in [0.2, 0.25) is 5.91 Å². The summed E-state index contributed by atoms with van der Waals surface area (Å²) in [4.78, 5) is 11.8. The number of hydrogen-bond acceptors (Lipinski definition) is 3. The van der Waals surface area contributed by atoms with Crippen LogP contribution in [0.4, 0.5) is 0 Å². The summed E-state index contributed by atoms with van der Waals surface area (Å²) >= 11 is 0. The van der Waals surface area contributed by atoms with E-state index in [0.717, 1.165) is 12.8 Å². The van der Waals surface area contributed by atoms with E-state index in [2.05, 4.69) is 5.32 Å². The summed E-state index contributed by atoms with van der Waals surface area (Å²) in [6, 6.07) is -0.137. The van der Waals surface area contributed by atoms with Gasteiger partial charge in [-0.2, -0.15) is 0 Å². The molecule has 1 aliphatic carbocycles. The van der Waals surface area contributed by atoms with Crippen molar-refractivity contribution in [1.82, 2.24) is 5.32 Å². The van der Waals surface area contributed by atoms with Crippen molar-refractivity contribution in [3.05, 3.63) is 0 Å². The molecule has 0 saturated heterocycles. The van der Waals surface area contributed by atoms with Crippen molar-refractivity contribution in [2.24, 2.45) is 17.1 Å². The Balaban J connectivity index is 2.40. The molecule has 1 amide bonds. The van der Waals surface area contributed by atoms with E-state index >= 15 is 0 Å². The molecule has 1 rings (SSSR count). The van der Waals surface area contributed by atoms with Gasteiger partial charge in [-0.1, -0.05) is 20.3 Å². The number of nitrogens with one attached hydrogen (secondary N) is 1. The molecule has 0 aromatic rings. The van der Waals surface area contributed by atoms with Gasteiger partial charge in [0.25, 0.3) is 0 Å². The SMILES string of the molecule is CC(C)[C@@H](CO)NC(=O)CC1(CN)CCC1. The van der Waals surface area contributed by atoms with E-state index in [9.17, 15) is 4.79 Å². The molecule has 1 saturated carbocycles. The van der Waals surface area contributed by atoms with E-state index in [-0.39, 0.29) is 29.9 Å². The van der Waals surface area contributed by atoms with Crippen LogP contribution in [0.1, 0.15) is 39.5 Å². The van der Waals surface area contributed by atoms with Crippen LogP contribution in [0.2, 0.25) is 0 Å². The third-order valence-electron chi connectivity index (χ3n) is 3.73. The van der Waals surface area contributed by atoms with Gasteiger partial charge in [0.15, 0.2) is 0 Å². The molecule has 1 aliphatic rings. The van der Waals surface area contributed by atoms with Crippen LogP contribution in [-0.2, 0) is 4.79 Å². The van der Waals surface area contributed by atoms with E-state index in [4.69, 9.17) is 10.8 Å². The quantitative estimate of drug-likeness (QED) is 0.624. The first-order chi connectivity index (χ1) is 7.53. The molecular formula is C12H24N2O2. The summed E-state index contributed by atoms with van der Waals surface area (Å²) in [7, 11) is 0. The molecule has 0 bridgehead atoms. The normalized spacial score (nSPS) is 20.3. The predicted octanol–water partition coefficient (Wildman–Crippen LogP) is 0.639. The monoisotopic (exact) mass is 228 g/mol. The number of aliphatic hydroxyl groups excluding tert-OH is 1. The Morgan fingerprint density at radius 1 is 1.50 bits per heavy atom. The largest absolute Gasteiger partial charge is 0.394 e. The molecule has 16 heavy (non-hydrogen) atoms. The number of carbonyl (C=O) groups is 1. The Bertz CT molecular complexity index is 232. The average molecular weight is 228 g/mol. The summed E-state index contributed by atoms with van der Waals surface area (Å²) in [6.07, 6.45) is 3.80. The van der Waals surface area contributed by atoms with Crippen LogP contribution in [0, 0.1) is 11.3 Å². The number of hydrogen-bond donors (Lipinski definition) is 3. The van der Waals surface area contributed by atoms with Crippen LogP contribution in [0.5, 0.6) is 0 Å². The third-order valence-corrected chi connectivity index (χ3v) is 3.73. The molecule has 4 heteroatoms. The van der Waals surface area contributed by atoms with E-state index in [1.807, 2.05) is 13.8 Å². The van der Waals surface area contributed by atoms with Crippen molar-refractivity contribution in [3.63, 3.8) is 0 Å². The summed E-state index contributed by atoms with van der Waals surface area (Å²) < 4.78 is 0. The second-order valence-electron chi connectivity index (χ2n) is 5.34. The standard InChI is InChI=1S/C12H24N2O2/c1-9(2)10(7-15)14-11(16)6-12(8-13)4-3-5-12/h9-10,15H,3-8,13H2,1-2H3,(H,14,16)/t10-/m1/s1. The minimum Gasteiger partial charge on any atom is -0.394 e. The maximum atomic E-state index is 11.8. The van der Waals surface area contributed by atoms with Crippen LogP contribution in [-0.4, -0.2) is 30.2 Å². The smallest absolute Gasteiger partial charge is 0.220 e. The van der Waals surface area contributed by atoms with Crippen molar-refractivity contribution in [2.45, 2.75) is 45.6 Å². The first kappa shape index (κ1) is 13.5. The maximum Gasteiger partial charge on any atom is 0.220 e. The third kappa shape index (κ3) is 3.19. The molecular weight excluding hydrogens is 204 g/mol. The van der Waals surface area contributed by atoms with Gasteiger partial charge in [-0.25, -0.2) is 0 Å². The lowest BCUT2D eigenvalue weighted by atomic mass is 9.66. The van der Waals surface area contributed by atoms with E-state index in [1.54, 1.807) is 0 Å². The van der Waals surface area contributed by atoms with Gasteiger partial charge in [0, 0.05) is 6.42 Å². The first-order valence-corrected chi connectivity index (χ1v) is 6.13. The number of nitrogens with two attached hydrogens (primary N) is 1. The van der Waals surface area contributed by atoms with Crippen LogP contribution in [0.15, 0.2) is 0 Å². The molecule has 94 valence electrons. The van der Waals surface area contributed by atoms with Gasteiger partial charge in [-0.3, -0.25) is 4.79 Å². The number of rotatable bonds is 6. The molecule has 0 spiro atoms. The van der Waals surface area contributed by atoms with Crippen molar-refractivity contribution in [1.29, 1.82) is 0 Å². The van der Waals surface area contributed by atoms with Gasteiger partial charge in [0.05, 0.1) is 12.6 Å². The highest BCUT2D eigenvalue weighted by Gasteiger charge is 2.37. The Hall–Kier alpha value is -0.610. The van der Waals surface area contributed by atoms with E-state index < -0.39 is 0 Å². The molecule has 1 atom stereocenters. The summed E-state index contributed by atoms with van der Waals surface area (Å²) in [5.41, 5.74) is 5.75. The minimum atomic E-state index is -0.137. The van der Waals surface area contributed by atoms with Crippen LogP contribution in [0.3, 0.4) is 0 Å².